The summed E-state index contributed by atoms with van der Waals surface area (Å²) < 4.78 is 4.73. The molecule has 4 heterocycles. The van der Waals surface area contributed by atoms with Crippen molar-refractivity contribution in [2.75, 3.05) is 0 Å². The minimum Gasteiger partial charge on any atom is -0.294 e. The summed E-state index contributed by atoms with van der Waals surface area (Å²) in [5, 5.41) is 5.02. The van der Waals surface area contributed by atoms with Gasteiger partial charge in [0.15, 0.2) is 0 Å². The Kier molecular flexibility index (Phi) is 6.77. The second kappa shape index (κ2) is 11.9. The Labute approximate surface area is 313 Å². The number of pyridine rings is 2. The van der Waals surface area contributed by atoms with Gasteiger partial charge in [-0.15, -0.1) is 0 Å². The number of nitrogens with zero attached hydrogens (tertiary/aromatic N) is 4. The smallest absolute Gasteiger partial charge is 0.137 e. The molecule has 0 saturated carbocycles. The van der Waals surface area contributed by atoms with Crippen LogP contribution in [0.25, 0.3) is 88.6 Å². The molecule has 0 N–H and O–H groups in total. The summed E-state index contributed by atoms with van der Waals surface area (Å²) in [6.45, 7) is 4.28. The molecule has 1 aliphatic carbocycles. The van der Waals surface area contributed by atoms with Crippen LogP contribution in [-0.2, 0) is 12.8 Å². The van der Waals surface area contributed by atoms with Crippen LogP contribution in [-0.4, -0.2) is 19.1 Å². The second-order valence-corrected chi connectivity index (χ2v) is 14.8. The van der Waals surface area contributed by atoms with Crippen LogP contribution in [0.2, 0.25) is 0 Å². The van der Waals surface area contributed by atoms with Gasteiger partial charge in [-0.25, -0.2) is 9.97 Å². The standard InChI is InChI=1S/C50H36N4/c1-31-9-13-33(14-10-31)35-19-24-46-42(27-35)40-22-21-38-39(50(40)54(46)49-8-4-6-26-52-49)20-17-37-29-44-43-28-36(34-15-11-32(2)12-16-34)18-23-45(43)53(47(44)30-41(37)38)48-7-3-5-25-51-48/h3-16,18-19,21-30H,17,20H2,1-2H3. The molecule has 4 aromatic heterocycles. The third kappa shape index (κ3) is 4.70. The van der Waals surface area contributed by atoms with Crippen molar-refractivity contribution >= 4 is 43.6 Å². The topological polar surface area (TPSA) is 35.6 Å². The van der Waals surface area contributed by atoms with Crippen LogP contribution in [0.15, 0.2) is 158 Å². The fourth-order valence-corrected chi connectivity index (χ4v) is 8.82. The summed E-state index contributed by atoms with van der Waals surface area (Å²) in [4.78, 5) is 9.77. The summed E-state index contributed by atoms with van der Waals surface area (Å²) in [5.74, 6) is 1.86. The Morgan fingerprint density at radius 2 is 0.981 bits per heavy atom. The predicted octanol–water partition coefficient (Wildman–Crippen LogP) is 12.4. The molecule has 256 valence electrons. The molecular formula is C50H36N4. The minimum atomic E-state index is 0.923. The predicted molar refractivity (Wildman–Crippen MR) is 224 cm³/mol. The van der Waals surface area contributed by atoms with Crippen LogP contribution in [0.1, 0.15) is 22.3 Å². The fraction of sp³-hybridized carbons (Fsp3) is 0.0800. The van der Waals surface area contributed by atoms with E-state index in [1.807, 2.05) is 24.5 Å². The molecule has 1 aliphatic rings. The molecule has 4 nitrogen and oxygen atoms in total. The average molecular weight is 693 g/mol. The van der Waals surface area contributed by atoms with Gasteiger partial charge in [0.2, 0.25) is 0 Å². The molecule has 10 aromatic rings. The number of benzene rings is 6. The van der Waals surface area contributed by atoms with E-state index in [1.54, 1.807) is 0 Å². The fourth-order valence-electron chi connectivity index (χ4n) is 8.82. The van der Waals surface area contributed by atoms with Gasteiger partial charge in [-0.3, -0.25) is 9.13 Å². The van der Waals surface area contributed by atoms with Crippen molar-refractivity contribution in [2.45, 2.75) is 26.7 Å². The number of hydrogen-bond donors (Lipinski definition) is 0. The van der Waals surface area contributed by atoms with Gasteiger partial charge in [-0.05, 0) is 132 Å². The molecule has 0 spiro atoms. The van der Waals surface area contributed by atoms with E-state index in [-0.39, 0.29) is 0 Å². The van der Waals surface area contributed by atoms with E-state index in [9.17, 15) is 0 Å². The molecule has 4 heteroatoms. The van der Waals surface area contributed by atoms with Crippen LogP contribution in [0, 0.1) is 13.8 Å². The van der Waals surface area contributed by atoms with Crippen LogP contribution >= 0.6 is 0 Å². The number of fused-ring (bicyclic) bond motifs is 10. The Hall–Kier alpha value is -6.78. The summed E-state index contributed by atoms with van der Waals surface area (Å²) in [6.07, 6.45) is 5.70. The van der Waals surface area contributed by atoms with E-state index < -0.39 is 0 Å². The first kappa shape index (κ1) is 30.8. The SMILES string of the molecule is Cc1ccc(-c2ccc3c(c2)c2cc4c(cc2n3-c2ccccn2)-c2ccc3c5cc(-c6ccc(C)cc6)ccc5n(-c5ccccn5)c3c2CC4)cc1. The first-order valence-electron chi connectivity index (χ1n) is 18.8. The molecule has 6 aromatic carbocycles. The first-order chi connectivity index (χ1) is 26.6. The molecule has 11 rings (SSSR count). The molecule has 0 radical (unpaired) electrons. The van der Waals surface area contributed by atoms with Gasteiger partial charge in [0.25, 0.3) is 0 Å². The highest BCUT2D eigenvalue weighted by Crippen LogP contribution is 2.45. The summed E-state index contributed by atoms with van der Waals surface area (Å²) in [5.41, 5.74) is 17.5. The zero-order chi connectivity index (χ0) is 35.9. The monoisotopic (exact) mass is 692 g/mol. The molecule has 0 saturated heterocycles. The van der Waals surface area contributed by atoms with Gasteiger partial charge in [0.05, 0.1) is 22.1 Å². The van der Waals surface area contributed by atoms with Crippen LogP contribution < -0.4 is 0 Å². The van der Waals surface area contributed by atoms with Gasteiger partial charge in [-0.1, -0.05) is 96.1 Å². The van der Waals surface area contributed by atoms with Crippen molar-refractivity contribution in [3.63, 3.8) is 0 Å². The molecule has 0 aliphatic heterocycles. The number of aromatic nitrogens is 4. The Morgan fingerprint density at radius 3 is 1.59 bits per heavy atom. The maximum atomic E-state index is 4.90. The van der Waals surface area contributed by atoms with Gasteiger partial charge < -0.3 is 0 Å². The summed E-state index contributed by atoms with van der Waals surface area (Å²) in [7, 11) is 0. The van der Waals surface area contributed by atoms with E-state index in [4.69, 9.17) is 9.97 Å². The van der Waals surface area contributed by atoms with Gasteiger partial charge in [0, 0.05) is 33.9 Å². The highest BCUT2D eigenvalue weighted by atomic mass is 15.1. The molecule has 0 bridgehead atoms. The van der Waals surface area contributed by atoms with Gasteiger partial charge >= 0.3 is 0 Å². The van der Waals surface area contributed by atoms with Crippen molar-refractivity contribution in [3.8, 4) is 45.0 Å². The molecule has 0 fully saturated rings. The van der Waals surface area contributed by atoms with E-state index in [2.05, 4.69) is 156 Å². The lowest BCUT2D eigenvalue weighted by molar-refractivity contribution is 0.941. The Balaban J connectivity index is 1.17. The largest absolute Gasteiger partial charge is 0.294 e. The lowest BCUT2D eigenvalue weighted by atomic mass is 9.83. The van der Waals surface area contributed by atoms with E-state index in [0.717, 1.165) is 30.0 Å². The lowest BCUT2D eigenvalue weighted by Crippen LogP contribution is -2.07. The third-order valence-electron chi connectivity index (χ3n) is 11.5. The zero-order valence-electron chi connectivity index (χ0n) is 30.2. The molecular weight excluding hydrogens is 657 g/mol. The summed E-state index contributed by atoms with van der Waals surface area (Å²) >= 11 is 0. The van der Waals surface area contributed by atoms with Crippen LogP contribution in [0.4, 0.5) is 0 Å². The lowest BCUT2D eigenvalue weighted by Gasteiger charge is -2.22. The first-order valence-corrected chi connectivity index (χ1v) is 18.8. The number of hydrogen-bond acceptors (Lipinski definition) is 2. The number of rotatable bonds is 4. The second-order valence-electron chi connectivity index (χ2n) is 14.8. The quantitative estimate of drug-likeness (QED) is 0.184. The van der Waals surface area contributed by atoms with Gasteiger partial charge in [0.1, 0.15) is 11.6 Å². The maximum absolute atomic E-state index is 4.90. The highest BCUT2D eigenvalue weighted by molar-refractivity contribution is 6.15. The van der Waals surface area contributed by atoms with Gasteiger partial charge in [-0.2, -0.15) is 0 Å². The minimum absolute atomic E-state index is 0.923. The normalized spacial score (nSPS) is 12.5. The molecule has 0 atom stereocenters. The van der Waals surface area contributed by atoms with E-state index in [1.165, 1.54) is 93.7 Å². The number of aryl methyl sites for hydroxylation is 4. The van der Waals surface area contributed by atoms with Crippen molar-refractivity contribution in [1.82, 2.24) is 19.1 Å². The summed E-state index contributed by atoms with van der Waals surface area (Å²) in [6, 6.07) is 53.4. The molecule has 0 unspecified atom stereocenters. The Morgan fingerprint density at radius 1 is 0.426 bits per heavy atom. The van der Waals surface area contributed by atoms with Crippen molar-refractivity contribution in [1.29, 1.82) is 0 Å². The third-order valence-corrected chi connectivity index (χ3v) is 11.5. The van der Waals surface area contributed by atoms with Crippen molar-refractivity contribution < 1.29 is 0 Å². The Bertz CT molecular complexity index is 3020. The van der Waals surface area contributed by atoms with Crippen LogP contribution in [0.5, 0.6) is 0 Å². The van der Waals surface area contributed by atoms with Crippen LogP contribution in [0.3, 0.4) is 0 Å². The molecule has 0 amide bonds. The highest BCUT2D eigenvalue weighted by Gasteiger charge is 2.26. The average Bonchev–Trinajstić information content (AvgIpc) is 3.73. The zero-order valence-corrected chi connectivity index (χ0v) is 30.2. The van der Waals surface area contributed by atoms with Crippen molar-refractivity contribution in [3.05, 3.63) is 180 Å². The van der Waals surface area contributed by atoms with E-state index >= 15 is 0 Å². The maximum Gasteiger partial charge on any atom is 0.137 e. The molecule has 54 heavy (non-hydrogen) atoms. The van der Waals surface area contributed by atoms with E-state index in [0.29, 0.717) is 0 Å². The van der Waals surface area contributed by atoms with Crippen molar-refractivity contribution in [2.24, 2.45) is 0 Å².